The zero-order chi connectivity index (χ0) is 13.6. The van der Waals surface area contributed by atoms with E-state index in [1.165, 1.54) is 11.1 Å². The molecule has 1 N–H and O–H groups in total. The van der Waals surface area contributed by atoms with Gasteiger partial charge >= 0.3 is 0 Å². The Labute approximate surface area is 110 Å². The molecule has 0 fully saturated rings. The molecule has 100 valence electrons. The van der Waals surface area contributed by atoms with Crippen LogP contribution in [0.3, 0.4) is 0 Å². The van der Waals surface area contributed by atoms with E-state index in [-0.39, 0.29) is 11.5 Å². The standard InChI is InChI=1S/C14H21NO2S/c1-12-6-3-4-7-14(12)8-5-10-18(16,17)11-9-13(2)15/h3-4,6-7,15H,5,8-11H2,1-2H3. The number of sulfone groups is 1. The topological polar surface area (TPSA) is 58.0 Å². The fourth-order valence-electron chi connectivity index (χ4n) is 1.78. The highest BCUT2D eigenvalue weighted by molar-refractivity contribution is 7.91. The minimum Gasteiger partial charge on any atom is -0.310 e. The molecule has 0 atom stereocenters. The first kappa shape index (κ1) is 14.9. The molecule has 0 radical (unpaired) electrons. The fourth-order valence-corrected chi connectivity index (χ4v) is 3.19. The monoisotopic (exact) mass is 267 g/mol. The fraction of sp³-hybridized carbons (Fsp3) is 0.500. The summed E-state index contributed by atoms with van der Waals surface area (Å²) in [5, 5.41) is 7.25. The van der Waals surface area contributed by atoms with Crippen LogP contribution in [0.4, 0.5) is 0 Å². The van der Waals surface area contributed by atoms with Crippen molar-refractivity contribution in [3.05, 3.63) is 35.4 Å². The lowest BCUT2D eigenvalue weighted by atomic mass is 10.1. The Morgan fingerprint density at radius 2 is 1.89 bits per heavy atom. The lowest BCUT2D eigenvalue weighted by Crippen LogP contribution is -2.14. The maximum atomic E-state index is 11.7. The molecule has 4 heteroatoms. The van der Waals surface area contributed by atoms with Gasteiger partial charge in [-0.2, -0.15) is 0 Å². The van der Waals surface area contributed by atoms with Gasteiger partial charge in [-0.25, -0.2) is 8.42 Å². The molecule has 1 aromatic rings. The van der Waals surface area contributed by atoms with Crippen molar-refractivity contribution in [2.45, 2.75) is 33.1 Å². The molecule has 0 aliphatic heterocycles. The number of nitrogens with one attached hydrogen (secondary N) is 1. The van der Waals surface area contributed by atoms with Crippen molar-refractivity contribution in [2.75, 3.05) is 11.5 Å². The summed E-state index contributed by atoms with van der Waals surface area (Å²) < 4.78 is 23.4. The molecule has 0 bridgehead atoms. The van der Waals surface area contributed by atoms with E-state index in [1.54, 1.807) is 6.92 Å². The lowest BCUT2D eigenvalue weighted by molar-refractivity contribution is 0.593. The minimum absolute atomic E-state index is 0.107. The molecule has 0 saturated carbocycles. The van der Waals surface area contributed by atoms with E-state index in [0.717, 1.165) is 6.42 Å². The lowest BCUT2D eigenvalue weighted by Gasteiger charge is -2.06. The Hall–Kier alpha value is -1.16. The highest BCUT2D eigenvalue weighted by atomic mass is 32.2. The van der Waals surface area contributed by atoms with Gasteiger partial charge in [-0.1, -0.05) is 24.3 Å². The largest absolute Gasteiger partial charge is 0.310 e. The Balaban J connectivity index is 2.42. The number of hydrogen-bond acceptors (Lipinski definition) is 3. The number of aryl methyl sites for hydroxylation is 2. The van der Waals surface area contributed by atoms with Crippen molar-refractivity contribution < 1.29 is 8.42 Å². The van der Waals surface area contributed by atoms with E-state index in [2.05, 4.69) is 0 Å². The Morgan fingerprint density at radius 1 is 1.22 bits per heavy atom. The van der Waals surface area contributed by atoms with E-state index < -0.39 is 9.84 Å². The van der Waals surface area contributed by atoms with Crippen LogP contribution in [0.25, 0.3) is 0 Å². The first-order valence-electron chi connectivity index (χ1n) is 6.20. The first-order chi connectivity index (χ1) is 8.41. The molecular formula is C14H21NO2S. The van der Waals surface area contributed by atoms with Crippen molar-refractivity contribution in [3.8, 4) is 0 Å². The summed E-state index contributed by atoms with van der Waals surface area (Å²) in [7, 11) is -3.00. The van der Waals surface area contributed by atoms with E-state index in [0.29, 0.717) is 18.6 Å². The molecule has 18 heavy (non-hydrogen) atoms. The van der Waals surface area contributed by atoms with Gasteiger partial charge in [-0.3, -0.25) is 0 Å². The van der Waals surface area contributed by atoms with Crippen molar-refractivity contribution in [1.82, 2.24) is 0 Å². The molecule has 0 saturated heterocycles. The molecule has 1 rings (SSSR count). The molecule has 1 aromatic carbocycles. The van der Waals surface area contributed by atoms with Gasteiger partial charge in [0.2, 0.25) is 0 Å². The second-order valence-corrected chi connectivity index (χ2v) is 7.02. The quantitative estimate of drug-likeness (QED) is 0.772. The smallest absolute Gasteiger partial charge is 0.150 e. The first-order valence-corrected chi connectivity index (χ1v) is 8.02. The van der Waals surface area contributed by atoms with E-state index >= 15 is 0 Å². The summed E-state index contributed by atoms with van der Waals surface area (Å²) in [4.78, 5) is 0. The second-order valence-electron chi connectivity index (χ2n) is 4.71. The Morgan fingerprint density at radius 3 is 2.50 bits per heavy atom. The van der Waals surface area contributed by atoms with Gasteiger partial charge in [0, 0.05) is 5.71 Å². The van der Waals surface area contributed by atoms with Crippen LogP contribution in [-0.2, 0) is 16.3 Å². The van der Waals surface area contributed by atoms with E-state index in [4.69, 9.17) is 5.41 Å². The van der Waals surface area contributed by atoms with Crippen LogP contribution >= 0.6 is 0 Å². The van der Waals surface area contributed by atoms with Crippen molar-refractivity contribution in [1.29, 1.82) is 5.41 Å². The summed E-state index contributed by atoms with van der Waals surface area (Å²) in [6.45, 7) is 3.69. The summed E-state index contributed by atoms with van der Waals surface area (Å²) in [6, 6.07) is 8.06. The predicted octanol–water partition coefficient (Wildman–Crippen LogP) is 2.77. The molecule has 0 aliphatic rings. The summed E-state index contributed by atoms with van der Waals surface area (Å²) in [5.74, 6) is 0.324. The normalized spacial score (nSPS) is 11.4. The third-order valence-electron chi connectivity index (χ3n) is 2.95. The Kier molecular flexibility index (Phi) is 5.54. The number of rotatable bonds is 7. The van der Waals surface area contributed by atoms with E-state index in [1.807, 2.05) is 31.2 Å². The van der Waals surface area contributed by atoms with Gasteiger partial charge in [0.15, 0.2) is 9.84 Å². The average Bonchev–Trinajstić information content (AvgIpc) is 2.29. The van der Waals surface area contributed by atoms with Crippen LogP contribution in [-0.4, -0.2) is 25.6 Å². The van der Waals surface area contributed by atoms with Crippen LogP contribution in [0.15, 0.2) is 24.3 Å². The van der Waals surface area contributed by atoms with E-state index in [9.17, 15) is 8.42 Å². The van der Waals surface area contributed by atoms with Crippen LogP contribution in [0.2, 0.25) is 0 Å². The molecular weight excluding hydrogens is 246 g/mol. The highest BCUT2D eigenvalue weighted by Crippen LogP contribution is 2.10. The molecule has 0 aliphatic carbocycles. The number of hydrogen-bond donors (Lipinski definition) is 1. The van der Waals surface area contributed by atoms with Gasteiger partial charge < -0.3 is 5.41 Å². The third kappa shape index (κ3) is 5.45. The molecule has 0 spiro atoms. The average molecular weight is 267 g/mol. The van der Waals surface area contributed by atoms with Gasteiger partial charge in [-0.05, 0) is 44.2 Å². The minimum atomic E-state index is -3.00. The maximum absolute atomic E-state index is 11.7. The van der Waals surface area contributed by atoms with Gasteiger partial charge in [0.05, 0.1) is 11.5 Å². The SMILES string of the molecule is CC(=N)CCS(=O)(=O)CCCc1ccccc1C. The maximum Gasteiger partial charge on any atom is 0.150 e. The molecule has 0 aromatic heterocycles. The van der Waals surface area contributed by atoms with Crippen LogP contribution in [0.5, 0.6) is 0 Å². The van der Waals surface area contributed by atoms with Crippen LogP contribution in [0.1, 0.15) is 30.9 Å². The van der Waals surface area contributed by atoms with Crippen molar-refractivity contribution >= 4 is 15.5 Å². The molecule has 3 nitrogen and oxygen atoms in total. The van der Waals surface area contributed by atoms with Gasteiger partial charge in [0.1, 0.15) is 0 Å². The third-order valence-corrected chi connectivity index (χ3v) is 4.69. The van der Waals surface area contributed by atoms with Gasteiger partial charge in [-0.15, -0.1) is 0 Å². The summed E-state index contributed by atoms with van der Waals surface area (Å²) in [5.41, 5.74) is 2.86. The molecule has 0 heterocycles. The summed E-state index contributed by atoms with van der Waals surface area (Å²) >= 11 is 0. The zero-order valence-corrected chi connectivity index (χ0v) is 11.9. The van der Waals surface area contributed by atoms with Crippen molar-refractivity contribution in [3.63, 3.8) is 0 Å². The zero-order valence-electron chi connectivity index (χ0n) is 11.1. The number of benzene rings is 1. The molecule has 0 amide bonds. The van der Waals surface area contributed by atoms with Crippen molar-refractivity contribution in [2.24, 2.45) is 0 Å². The van der Waals surface area contributed by atoms with Gasteiger partial charge in [0.25, 0.3) is 0 Å². The highest BCUT2D eigenvalue weighted by Gasteiger charge is 2.11. The second kappa shape index (κ2) is 6.69. The summed E-state index contributed by atoms with van der Waals surface area (Å²) in [6.07, 6.45) is 1.81. The Bertz CT molecular complexity index is 506. The van der Waals surface area contributed by atoms with Crippen LogP contribution in [0, 0.1) is 12.3 Å². The van der Waals surface area contributed by atoms with Crippen LogP contribution < -0.4 is 0 Å². The predicted molar refractivity (Wildman–Crippen MR) is 76.2 cm³/mol. The molecule has 0 unspecified atom stereocenters.